The Balaban J connectivity index is 2.24. The molecule has 0 aromatic heterocycles. The number of piperidine rings is 1. The maximum absolute atomic E-state index is 11.2. The molecule has 0 bridgehead atoms. The van der Waals surface area contributed by atoms with Gasteiger partial charge in [0.1, 0.15) is 0 Å². The summed E-state index contributed by atoms with van der Waals surface area (Å²) in [5, 5.41) is 9.24. The summed E-state index contributed by atoms with van der Waals surface area (Å²) in [5.74, 6) is -0.780. The Morgan fingerprint density at radius 3 is 2.69 bits per heavy atom. The fourth-order valence-electron chi connectivity index (χ4n) is 2.45. The Morgan fingerprint density at radius 1 is 1.38 bits per heavy atom. The van der Waals surface area contributed by atoms with Crippen molar-refractivity contribution in [3.05, 3.63) is 35.9 Å². The van der Waals surface area contributed by atoms with E-state index in [2.05, 4.69) is 4.90 Å². The van der Waals surface area contributed by atoms with Crippen molar-refractivity contribution in [1.29, 1.82) is 0 Å². The summed E-state index contributed by atoms with van der Waals surface area (Å²) in [4.78, 5) is 13.4. The van der Waals surface area contributed by atoms with Crippen LogP contribution in [0.5, 0.6) is 0 Å². The van der Waals surface area contributed by atoms with Gasteiger partial charge in [-0.2, -0.15) is 0 Å². The van der Waals surface area contributed by atoms with Gasteiger partial charge in [0.25, 0.3) is 0 Å². The highest BCUT2D eigenvalue weighted by atomic mass is 16.4. The molecule has 0 aliphatic carbocycles. The van der Waals surface area contributed by atoms with Gasteiger partial charge in [0.15, 0.2) is 0 Å². The van der Waals surface area contributed by atoms with E-state index in [1.165, 1.54) is 0 Å². The van der Waals surface area contributed by atoms with E-state index in [9.17, 15) is 9.90 Å². The van der Waals surface area contributed by atoms with Crippen molar-refractivity contribution in [2.24, 2.45) is 5.92 Å². The molecule has 1 aromatic carbocycles. The smallest absolute Gasteiger partial charge is 0.307 e. The Labute approximate surface area is 95.7 Å². The second kappa shape index (κ2) is 4.66. The molecule has 3 nitrogen and oxygen atoms in total. The Hall–Kier alpha value is -1.35. The van der Waals surface area contributed by atoms with E-state index < -0.39 is 5.97 Å². The lowest BCUT2D eigenvalue weighted by Gasteiger charge is -2.34. The van der Waals surface area contributed by atoms with E-state index in [0.717, 1.165) is 25.1 Å². The van der Waals surface area contributed by atoms with Crippen LogP contribution in [0, 0.1) is 5.92 Å². The fourth-order valence-corrected chi connectivity index (χ4v) is 2.45. The zero-order valence-corrected chi connectivity index (χ0v) is 9.47. The van der Waals surface area contributed by atoms with E-state index >= 15 is 0 Å². The molecule has 0 saturated carbocycles. The molecule has 1 fully saturated rings. The lowest BCUT2D eigenvalue weighted by Crippen LogP contribution is -2.39. The molecule has 1 aliphatic rings. The molecule has 1 N–H and O–H groups in total. The van der Waals surface area contributed by atoms with Gasteiger partial charge in [-0.05, 0) is 25.6 Å². The summed E-state index contributed by atoms with van der Waals surface area (Å²) >= 11 is 0. The number of rotatable bonds is 2. The van der Waals surface area contributed by atoms with Crippen LogP contribution in [0.1, 0.15) is 17.9 Å². The van der Waals surface area contributed by atoms with Gasteiger partial charge in [-0.15, -0.1) is 0 Å². The number of likely N-dealkylation sites (tertiary alicyclic amines) is 1. The Bertz CT molecular complexity index is 363. The minimum atomic E-state index is -0.665. The molecule has 0 unspecified atom stereocenters. The van der Waals surface area contributed by atoms with Crippen LogP contribution in [0.25, 0.3) is 0 Å². The molecular weight excluding hydrogens is 202 g/mol. The van der Waals surface area contributed by atoms with Gasteiger partial charge in [0.05, 0.1) is 5.92 Å². The molecule has 86 valence electrons. The van der Waals surface area contributed by atoms with Crippen molar-refractivity contribution in [3.63, 3.8) is 0 Å². The molecule has 3 heteroatoms. The van der Waals surface area contributed by atoms with E-state index in [4.69, 9.17) is 0 Å². The van der Waals surface area contributed by atoms with E-state index in [-0.39, 0.29) is 11.8 Å². The number of nitrogens with zero attached hydrogens (tertiary/aromatic N) is 1. The third-order valence-electron chi connectivity index (χ3n) is 3.36. The predicted molar refractivity (Wildman–Crippen MR) is 62.4 cm³/mol. The number of hydrogen-bond donors (Lipinski definition) is 1. The molecule has 1 aromatic rings. The summed E-state index contributed by atoms with van der Waals surface area (Å²) in [5.41, 5.74) is 1.14. The standard InChI is InChI=1S/C13H17NO2/c1-14-8-7-11(13(15)16)12(9-14)10-5-3-2-4-6-10/h2-6,11-12H,7-9H2,1H3,(H,15,16)/t11-,12-/m0/s1. The van der Waals surface area contributed by atoms with E-state index in [1.807, 2.05) is 37.4 Å². The quantitative estimate of drug-likeness (QED) is 0.824. The average Bonchev–Trinajstić information content (AvgIpc) is 2.29. The van der Waals surface area contributed by atoms with Crippen molar-refractivity contribution < 1.29 is 9.90 Å². The first-order valence-corrected chi connectivity index (χ1v) is 5.65. The number of benzene rings is 1. The number of hydrogen-bond acceptors (Lipinski definition) is 2. The van der Waals surface area contributed by atoms with Crippen LogP contribution in [0.2, 0.25) is 0 Å². The summed E-state index contributed by atoms with van der Waals surface area (Å²) in [6.07, 6.45) is 0.741. The van der Waals surface area contributed by atoms with Crippen molar-refractivity contribution >= 4 is 5.97 Å². The van der Waals surface area contributed by atoms with E-state index in [1.54, 1.807) is 0 Å². The van der Waals surface area contributed by atoms with Gasteiger partial charge in [-0.1, -0.05) is 30.3 Å². The molecule has 0 radical (unpaired) electrons. The van der Waals surface area contributed by atoms with Gasteiger partial charge >= 0.3 is 5.97 Å². The summed E-state index contributed by atoms with van der Waals surface area (Å²) in [7, 11) is 2.05. The number of aliphatic carboxylic acids is 1. The monoisotopic (exact) mass is 219 g/mol. The fraction of sp³-hybridized carbons (Fsp3) is 0.462. The first kappa shape index (κ1) is 11.1. The van der Waals surface area contributed by atoms with Crippen LogP contribution >= 0.6 is 0 Å². The highest BCUT2D eigenvalue weighted by molar-refractivity contribution is 5.71. The number of carbonyl (C=O) groups is 1. The topological polar surface area (TPSA) is 40.5 Å². The van der Waals surface area contributed by atoms with Gasteiger partial charge in [0.2, 0.25) is 0 Å². The third kappa shape index (κ3) is 2.25. The normalized spacial score (nSPS) is 26.6. The van der Waals surface area contributed by atoms with Crippen LogP contribution < -0.4 is 0 Å². The zero-order chi connectivity index (χ0) is 11.5. The second-order valence-electron chi connectivity index (χ2n) is 4.51. The number of carboxylic acid groups (broad SMARTS) is 1. The van der Waals surface area contributed by atoms with Crippen LogP contribution in [0.15, 0.2) is 30.3 Å². The van der Waals surface area contributed by atoms with Crippen molar-refractivity contribution in [2.75, 3.05) is 20.1 Å². The molecule has 2 rings (SSSR count). The van der Waals surface area contributed by atoms with Crippen molar-refractivity contribution in [3.8, 4) is 0 Å². The first-order valence-electron chi connectivity index (χ1n) is 5.65. The summed E-state index contributed by atoms with van der Waals surface area (Å²) in [6, 6.07) is 9.97. The third-order valence-corrected chi connectivity index (χ3v) is 3.36. The van der Waals surface area contributed by atoms with Gasteiger partial charge < -0.3 is 10.0 Å². The molecule has 0 amide bonds. The number of likely N-dealkylation sites (N-methyl/N-ethyl adjacent to an activating group) is 1. The SMILES string of the molecule is CN1CC[C@H](C(=O)O)[C@H](c2ccccc2)C1. The second-order valence-corrected chi connectivity index (χ2v) is 4.51. The van der Waals surface area contributed by atoms with Gasteiger partial charge in [-0.25, -0.2) is 0 Å². The minimum Gasteiger partial charge on any atom is -0.481 e. The van der Waals surface area contributed by atoms with Crippen molar-refractivity contribution in [2.45, 2.75) is 12.3 Å². The maximum atomic E-state index is 11.2. The van der Waals surface area contributed by atoms with Gasteiger partial charge in [-0.3, -0.25) is 4.79 Å². The summed E-state index contributed by atoms with van der Waals surface area (Å²) in [6.45, 7) is 1.71. The molecule has 1 aliphatic heterocycles. The first-order chi connectivity index (χ1) is 7.68. The van der Waals surface area contributed by atoms with Crippen LogP contribution in [0.3, 0.4) is 0 Å². The average molecular weight is 219 g/mol. The lowest BCUT2D eigenvalue weighted by atomic mass is 9.81. The minimum absolute atomic E-state index is 0.123. The lowest BCUT2D eigenvalue weighted by molar-refractivity contribution is -0.144. The van der Waals surface area contributed by atoms with Crippen LogP contribution in [-0.2, 0) is 4.79 Å². The molecule has 1 saturated heterocycles. The van der Waals surface area contributed by atoms with Gasteiger partial charge in [0, 0.05) is 12.5 Å². The number of carboxylic acids is 1. The molecule has 0 spiro atoms. The largest absolute Gasteiger partial charge is 0.481 e. The molecule has 16 heavy (non-hydrogen) atoms. The molecular formula is C13H17NO2. The zero-order valence-electron chi connectivity index (χ0n) is 9.47. The Morgan fingerprint density at radius 2 is 2.06 bits per heavy atom. The maximum Gasteiger partial charge on any atom is 0.307 e. The van der Waals surface area contributed by atoms with E-state index in [0.29, 0.717) is 0 Å². The van der Waals surface area contributed by atoms with Crippen LogP contribution in [0.4, 0.5) is 0 Å². The molecule has 1 heterocycles. The molecule has 2 atom stereocenters. The van der Waals surface area contributed by atoms with Crippen molar-refractivity contribution in [1.82, 2.24) is 4.90 Å². The summed E-state index contributed by atoms with van der Waals surface area (Å²) < 4.78 is 0. The highest BCUT2D eigenvalue weighted by Gasteiger charge is 2.33. The highest BCUT2D eigenvalue weighted by Crippen LogP contribution is 2.31. The predicted octanol–water partition coefficient (Wildman–Crippen LogP) is 1.81. The van der Waals surface area contributed by atoms with Crippen LogP contribution in [-0.4, -0.2) is 36.1 Å². The Kier molecular flexibility index (Phi) is 3.25.